The summed E-state index contributed by atoms with van der Waals surface area (Å²) in [6.45, 7) is 0. The zero-order chi connectivity index (χ0) is 11.2. The summed E-state index contributed by atoms with van der Waals surface area (Å²) >= 11 is 5.84. The van der Waals surface area contributed by atoms with E-state index in [1.165, 1.54) is 44.1 Å². The first-order valence-electron chi connectivity index (χ1n) is 6.27. The van der Waals surface area contributed by atoms with Crippen molar-refractivity contribution in [2.24, 2.45) is 5.92 Å². The van der Waals surface area contributed by atoms with Gasteiger partial charge in [-0.15, -0.1) is 0 Å². The van der Waals surface area contributed by atoms with E-state index in [0.29, 0.717) is 0 Å². The maximum atomic E-state index is 5.84. The molecule has 1 fully saturated rings. The Morgan fingerprint density at radius 2 is 1.75 bits per heavy atom. The van der Waals surface area contributed by atoms with Gasteiger partial charge in [-0.1, -0.05) is 68.0 Å². The van der Waals surface area contributed by atoms with Crippen LogP contribution in [0.4, 0.5) is 0 Å². The molecule has 2 rings (SSSR count). The van der Waals surface area contributed by atoms with Crippen LogP contribution in [0.1, 0.15) is 44.1 Å². The summed E-state index contributed by atoms with van der Waals surface area (Å²) in [6.07, 6.45) is 12.9. The van der Waals surface area contributed by atoms with Gasteiger partial charge in [0.05, 0.1) is 0 Å². The molecule has 0 saturated heterocycles. The molecule has 1 saturated carbocycles. The van der Waals surface area contributed by atoms with Gasteiger partial charge < -0.3 is 0 Å². The average molecular weight is 235 g/mol. The lowest BCUT2D eigenvalue weighted by atomic mass is 9.87. The molecule has 0 spiro atoms. The number of rotatable bonds is 3. The fourth-order valence-electron chi connectivity index (χ4n) is 2.39. The Labute approximate surface area is 103 Å². The fraction of sp³-hybridized carbons (Fsp3) is 0.467. The third-order valence-corrected chi connectivity index (χ3v) is 3.63. The van der Waals surface area contributed by atoms with E-state index in [-0.39, 0.29) is 0 Å². The lowest BCUT2D eigenvalue weighted by molar-refractivity contribution is 0.362. The summed E-state index contributed by atoms with van der Waals surface area (Å²) in [4.78, 5) is 0. The molecule has 0 aliphatic heterocycles. The number of hydrogen-bond donors (Lipinski definition) is 0. The van der Waals surface area contributed by atoms with Crippen molar-refractivity contribution in [1.29, 1.82) is 0 Å². The summed E-state index contributed by atoms with van der Waals surface area (Å²) in [5.41, 5.74) is 1.25. The molecule has 86 valence electrons. The highest BCUT2D eigenvalue weighted by Crippen LogP contribution is 2.26. The Kier molecular flexibility index (Phi) is 4.47. The molecule has 16 heavy (non-hydrogen) atoms. The van der Waals surface area contributed by atoms with Crippen molar-refractivity contribution in [2.45, 2.75) is 38.5 Å². The van der Waals surface area contributed by atoms with E-state index >= 15 is 0 Å². The Morgan fingerprint density at radius 1 is 1.06 bits per heavy atom. The van der Waals surface area contributed by atoms with E-state index in [4.69, 9.17) is 11.6 Å². The minimum absolute atomic E-state index is 0.810. The standard InChI is InChI=1S/C15H19Cl/c16-15-11-9-14(10-12-15)8-4-7-13-5-2-1-3-6-13/h4,8-13H,1-3,5-7H2. The minimum Gasteiger partial charge on any atom is -0.0843 e. The van der Waals surface area contributed by atoms with Gasteiger partial charge in [-0.05, 0) is 30.0 Å². The first kappa shape index (κ1) is 11.7. The van der Waals surface area contributed by atoms with Gasteiger partial charge in [0, 0.05) is 5.02 Å². The average Bonchev–Trinajstić information content (AvgIpc) is 2.33. The van der Waals surface area contributed by atoms with Crippen LogP contribution in [0.25, 0.3) is 6.08 Å². The minimum atomic E-state index is 0.810. The lowest BCUT2D eigenvalue weighted by Gasteiger charge is -2.19. The highest BCUT2D eigenvalue weighted by Gasteiger charge is 2.10. The third kappa shape index (κ3) is 3.68. The third-order valence-electron chi connectivity index (χ3n) is 3.37. The van der Waals surface area contributed by atoms with Crippen LogP contribution in [-0.2, 0) is 0 Å². The molecule has 0 unspecified atom stereocenters. The number of allylic oxidation sites excluding steroid dienone is 1. The zero-order valence-electron chi connectivity index (χ0n) is 9.66. The summed E-state index contributed by atoms with van der Waals surface area (Å²) < 4.78 is 0. The molecular weight excluding hydrogens is 216 g/mol. The molecule has 0 heterocycles. The van der Waals surface area contributed by atoms with Crippen LogP contribution in [-0.4, -0.2) is 0 Å². The highest BCUT2D eigenvalue weighted by atomic mass is 35.5. The topological polar surface area (TPSA) is 0 Å². The van der Waals surface area contributed by atoms with E-state index in [2.05, 4.69) is 24.3 Å². The Balaban J connectivity index is 1.82. The van der Waals surface area contributed by atoms with Crippen molar-refractivity contribution in [1.82, 2.24) is 0 Å². The van der Waals surface area contributed by atoms with Gasteiger partial charge >= 0.3 is 0 Å². The summed E-state index contributed by atoms with van der Waals surface area (Å²) in [6, 6.07) is 8.03. The van der Waals surface area contributed by atoms with Gasteiger partial charge in [-0.3, -0.25) is 0 Å². The normalized spacial score (nSPS) is 18.1. The first-order valence-corrected chi connectivity index (χ1v) is 6.64. The van der Waals surface area contributed by atoms with Gasteiger partial charge in [0.15, 0.2) is 0 Å². The van der Waals surface area contributed by atoms with Gasteiger partial charge in [0.1, 0.15) is 0 Å². The molecule has 1 aliphatic rings. The van der Waals surface area contributed by atoms with Gasteiger partial charge in [-0.2, -0.15) is 0 Å². The van der Waals surface area contributed by atoms with Crippen molar-refractivity contribution >= 4 is 17.7 Å². The summed E-state index contributed by atoms with van der Waals surface area (Å²) in [5.74, 6) is 0.928. The molecule has 0 bridgehead atoms. The molecule has 1 heteroatoms. The highest BCUT2D eigenvalue weighted by molar-refractivity contribution is 6.30. The van der Waals surface area contributed by atoms with Crippen LogP contribution in [0.2, 0.25) is 5.02 Å². The molecule has 1 aromatic carbocycles. The van der Waals surface area contributed by atoms with Crippen LogP contribution >= 0.6 is 11.6 Å². The van der Waals surface area contributed by atoms with E-state index < -0.39 is 0 Å². The second kappa shape index (κ2) is 6.10. The Morgan fingerprint density at radius 3 is 2.44 bits per heavy atom. The number of hydrogen-bond acceptors (Lipinski definition) is 0. The van der Waals surface area contributed by atoms with Crippen molar-refractivity contribution in [3.63, 3.8) is 0 Å². The van der Waals surface area contributed by atoms with Crippen molar-refractivity contribution in [3.8, 4) is 0 Å². The zero-order valence-corrected chi connectivity index (χ0v) is 10.4. The molecule has 0 radical (unpaired) electrons. The molecule has 1 aromatic rings. The Hall–Kier alpha value is -0.750. The van der Waals surface area contributed by atoms with Gasteiger partial charge in [-0.25, -0.2) is 0 Å². The largest absolute Gasteiger partial charge is 0.0843 e. The van der Waals surface area contributed by atoms with Crippen LogP contribution in [0.5, 0.6) is 0 Å². The van der Waals surface area contributed by atoms with Gasteiger partial charge in [0.25, 0.3) is 0 Å². The Bertz CT molecular complexity index is 331. The van der Waals surface area contributed by atoms with Crippen LogP contribution in [0, 0.1) is 5.92 Å². The second-order valence-corrected chi connectivity index (χ2v) is 5.13. The predicted molar refractivity (Wildman–Crippen MR) is 71.7 cm³/mol. The number of halogens is 1. The first-order chi connectivity index (χ1) is 7.84. The smallest absolute Gasteiger partial charge is 0.0406 e. The quantitative estimate of drug-likeness (QED) is 0.664. The summed E-state index contributed by atoms with van der Waals surface area (Å²) in [5, 5.41) is 0.810. The van der Waals surface area contributed by atoms with Crippen LogP contribution < -0.4 is 0 Å². The van der Waals surface area contributed by atoms with Crippen LogP contribution in [0.15, 0.2) is 30.3 Å². The molecule has 1 aliphatic carbocycles. The molecule has 0 aromatic heterocycles. The molecular formula is C15H19Cl. The maximum Gasteiger partial charge on any atom is 0.0406 e. The summed E-state index contributed by atoms with van der Waals surface area (Å²) in [7, 11) is 0. The molecule has 0 nitrogen and oxygen atoms in total. The lowest BCUT2D eigenvalue weighted by Crippen LogP contribution is -2.04. The molecule has 0 N–H and O–H groups in total. The van der Waals surface area contributed by atoms with E-state index in [0.717, 1.165) is 10.9 Å². The van der Waals surface area contributed by atoms with E-state index in [9.17, 15) is 0 Å². The second-order valence-electron chi connectivity index (χ2n) is 4.69. The molecule has 0 amide bonds. The van der Waals surface area contributed by atoms with Crippen LogP contribution in [0.3, 0.4) is 0 Å². The predicted octanol–water partition coefficient (Wildman–Crippen LogP) is 5.32. The fourth-order valence-corrected chi connectivity index (χ4v) is 2.52. The van der Waals surface area contributed by atoms with Crippen molar-refractivity contribution in [2.75, 3.05) is 0 Å². The monoisotopic (exact) mass is 234 g/mol. The van der Waals surface area contributed by atoms with Gasteiger partial charge in [0.2, 0.25) is 0 Å². The van der Waals surface area contributed by atoms with Crippen molar-refractivity contribution in [3.05, 3.63) is 40.9 Å². The maximum absolute atomic E-state index is 5.84. The number of benzene rings is 1. The van der Waals surface area contributed by atoms with Crippen molar-refractivity contribution < 1.29 is 0 Å². The van der Waals surface area contributed by atoms with E-state index in [1.54, 1.807) is 0 Å². The van der Waals surface area contributed by atoms with E-state index in [1.807, 2.05) is 12.1 Å². The molecule has 0 atom stereocenters. The SMILES string of the molecule is Clc1ccc(C=CCC2CCCCC2)cc1.